The predicted octanol–water partition coefficient (Wildman–Crippen LogP) is 1.25. The Labute approximate surface area is 96.8 Å². The molecule has 1 atom stereocenters. The maximum atomic E-state index is 6.41. The van der Waals surface area contributed by atoms with Gasteiger partial charge in [0.1, 0.15) is 0 Å². The summed E-state index contributed by atoms with van der Waals surface area (Å²) < 4.78 is 7.29. The average molecular weight is 223 g/mol. The largest absolute Gasteiger partial charge is 0.381 e. The number of nitrogens with two attached hydrogens (primary N) is 1. The summed E-state index contributed by atoms with van der Waals surface area (Å²) in [6.07, 6.45) is 9.18. The van der Waals surface area contributed by atoms with Crippen LogP contribution in [0.4, 0.5) is 0 Å². The lowest BCUT2D eigenvalue weighted by molar-refractivity contribution is 0.139. The van der Waals surface area contributed by atoms with Gasteiger partial charge in [-0.25, -0.2) is 0 Å². The molecule has 1 aliphatic heterocycles. The van der Waals surface area contributed by atoms with Crippen molar-refractivity contribution >= 4 is 0 Å². The molecule has 0 amide bonds. The Morgan fingerprint density at radius 3 is 3.12 bits per heavy atom. The van der Waals surface area contributed by atoms with Crippen LogP contribution in [0.2, 0.25) is 0 Å². The number of nitrogens with zero attached hydrogens (tertiary/aromatic N) is 2. The van der Waals surface area contributed by atoms with Gasteiger partial charge in [-0.05, 0) is 37.7 Å². The third-order valence-corrected chi connectivity index (χ3v) is 3.38. The summed E-state index contributed by atoms with van der Waals surface area (Å²) in [6, 6.07) is 0. The third kappa shape index (κ3) is 3.06. The fraction of sp³-hybridized carbons (Fsp3) is 0.750. The van der Waals surface area contributed by atoms with Gasteiger partial charge in [0.2, 0.25) is 0 Å². The molecular weight excluding hydrogens is 202 g/mol. The van der Waals surface area contributed by atoms with E-state index in [1.54, 1.807) is 0 Å². The van der Waals surface area contributed by atoms with E-state index in [0.717, 1.165) is 45.3 Å². The monoisotopic (exact) mass is 223 g/mol. The van der Waals surface area contributed by atoms with E-state index >= 15 is 0 Å². The highest BCUT2D eigenvalue weighted by atomic mass is 16.5. The van der Waals surface area contributed by atoms with Crippen molar-refractivity contribution < 1.29 is 4.74 Å². The van der Waals surface area contributed by atoms with Crippen LogP contribution in [-0.2, 0) is 18.2 Å². The number of aromatic nitrogens is 2. The van der Waals surface area contributed by atoms with Crippen molar-refractivity contribution in [2.75, 3.05) is 13.2 Å². The Morgan fingerprint density at radius 2 is 2.38 bits per heavy atom. The second-order valence-electron chi connectivity index (χ2n) is 4.85. The van der Waals surface area contributed by atoms with E-state index in [2.05, 4.69) is 11.3 Å². The number of hydrogen-bond acceptors (Lipinski definition) is 3. The van der Waals surface area contributed by atoms with Gasteiger partial charge in [0.05, 0.1) is 6.20 Å². The van der Waals surface area contributed by atoms with Crippen LogP contribution in [0.15, 0.2) is 12.4 Å². The topological polar surface area (TPSA) is 53.1 Å². The Kier molecular flexibility index (Phi) is 3.61. The first-order valence-corrected chi connectivity index (χ1v) is 6.02. The first kappa shape index (κ1) is 11.6. The van der Waals surface area contributed by atoms with Gasteiger partial charge in [0.15, 0.2) is 0 Å². The highest BCUT2D eigenvalue weighted by Gasteiger charge is 2.26. The first-order valence-electron chi connectivity index (χ1n) is 6.02. The molecule has 0 bridgehead atoms. The molecule has 90 valence electrons. The predicted molar refractivity (Wildman–Crippen MR) is 63.1 cm³/mol. The molecule has 2 rings (SSSR count). The summed E-state index contributed by atoms with van der Waals surface area (Å²) >= 11 is 0. The third-order valence-electron chi connectivity index (χ3n) is 3.38. The van der Waals surface area contributed by atoms with Gasteiger partial charge < -0.3 is 10.5 Å². The molecule has 1 aliphatic rings. The van der Waals surface area contributed by atoms with Crippen LogP contribution in [0.25, 0.3) is 0 Å². The molecule has 4 nitrogen and oxygen atoms in total. The van der Waals surface area contributed by atoms with E-state index in [-0.39, 0.29) is 5.54 Å². The van der Waals surface area contributed by atoms with E-state index in [1.807, 2.05) is 17.9 Å². The van der Waals surface area contributed by atoms with Crippen LogP contribution in [-0.4, -0.2) is 28.5 Å². The summed E-state index contributed by atoms with van der Waals surface area (Å²) in [5.74, 6) is 0. The molecule has 2 N–H and O–H groups in total. The molecule has 0 aromatic carbocycles. The van der Waals surface area contributed by atoms with E-state index < -0.39 is 0 Å². The van der Waals surface area contributed by atoms with E-state index in [0.29, 0.717) is 0 Å². The fourth-order valence-corrected chi connectivity index (χ4v) is 2.27. The lowest BCUT2D eigenvalue weighted by Crippen LogP contribution is -2.40. The Balaban J connectivity index is 1.87. The smallest absolute Gasteiger partial charge is 0.0521 e. The van der Waals surface area contributed by atoms with Crippen molar-refractivity contribution in [2.24, 2.45) is 12.8 Å². The van der Waals surface area contributed by atoms with E-state index in [4.69, 9.17) is 10.5 Å². The van der Waals surface area contributed by atoms with E-state index in [1.165, 1.54) is 5.56 Å². The van der Waals surface area contributed by atoms with Crippen molar-refractivity contribution in [3.8, 4) is 0 Å². The van der Waals surface area contributed by atoms with Crippen LogP contribution < -0.4 is 5.73 Å². The summed E-state index contributed by atoms with van der Waals surface area (Å²) in [7, 11) is 1.95. The van der Waals surface area contributed by atoms with Crippen LogP contribution in [0.3, 0.4) is 0 Å². The minimum atomic E-state index is -0.0354. The average Bonchev–Trinajstić information content (AvgIpc) is 2.54. The minimum Gasteiger partial charge on any atom is -0.381 e. The zero-order valence-electron chi connectivity index (χ0n) is 9.98. The zero-order valence-corrected chi connectivity index (χ0v) is 9.98. The summed E-state index contributed by atoms with van der Waals surface area (Å²) in [4.78, 5) is 0. The molecule has 1 unspecified atom stereocenters. The van der Waals surface area contributed by atoms with Gasteiger partial charge in [-0.3, -0.25) is 4.68 Å². The quantitative estimate of drug-likeness (QED) is 0.839. The van der Waals surface area contributed by atoms with Crippen LogP contribution in [0.5, 0.6) is 0 Å². The highest BCUT2D eigenvalue weighted by Crippen LogP contribution is 2.23. The summed E-state index contributed by atoms with van der Waals surface area (Å²) in [6.45, 7) is 1.68. The summed E-state index contributed by atoms with van der Waals surface area (Å²) in [5.41, 5.74) is 7.65. The SMILES string of the molecule is Cn1cc(CCC2(N)CCCOCC2)cn1. The van der Waals surface area contributed by atoms with Crippen molar-refractivity contribution in [3.05, 3.63) is 18.0 Å². The molecule has 1 fully saturated rings. The van der Waals surface area contributed by atoms with Gasteiger partial charge in [-0.1, -0.05) is 0 Å². The maximum Gasteiger partial charge on any atom is 0.0521 e. The second kappa shape index (κ2) is 4.97. The normalized spacial score (nSPS) is 26.6. The van der Waals surface area contributed by atoms with Crippen molar-refractivity contribution in [3.63, 3.8) is 0 Å². The van der Waals surface area contributed by atoms with Gasteiger partial charge in [0.25, 0.3) is 0 Å². The number of hydrogen-bond donors (Lipinski definition) is 1. The molecule has 1 aromatic rings. The molecule has 16 heavy (non-hydrogen) atoms. The molecule has 0 spiro atoms. The van der Waals surface area contributed by atoms with Crippen molar-refractivity contribution in [1.82, 2.24) is 9.78 Å². The van der Waals surface area contributed by atoms with Gasteiger partial charge in [-0.2, -0.15) is 5.10 Å². The van der Waals surface area contributed by atoms with Crippen molar-refractivity contribution in [1.29, 1.82) is 0 Å². The maximum absolute atomic E-state index is 6.41. The minimum absolute atomic E-state index is 0.0354. The molecule has 0 radical (unpaired) electrons. The Hall–Kier alpha value is -0.870. The highest BCUT2D eigenvalue weighted by molar-refractivity contribution is 5.05. The lowest BCUT2D eigenvalue weighted by atomic mass is 9.86. The second-order valence-corrected chi connectivity index (χ2v) is 4.85. The lowest BCUT2D eigenvalue weighted by Gasteiger charge is -2.27. The zero-order chi connectivity index (χ0) is 11.4. The molecule has 2 heterocycles. The van der Waals surface area contributed by atoms with E-state index in [9.17, 15) is 0 Å². The van der Waals surface area contributed by atoms with Crippen LogP contribution in [0.1, 0.15) is 31.2 Å². The van der Waals surface area contributed by atoms with Crippen LogP contribution >= 0.6 is 0 Å². The molecule has 1 aromatic heterocycles. The van der Waals surface area contributed by atoms with Gasteiger partial charge in [-0.15, -0.1) is 0 Å². The molecule has 1 saturated heterocycles. The first-order chi connectivity index (χ1) is 7.68. The molecule has 4 heteroatoms. The van der Waals surface area contributed by atoms with Crippen molar-refractivity contribution in [2.45, 2.75) is 37.6 Å². The fourth-order valence-electron chi connectivity index (χ4n) is 2.27. The van der Waals surface area contributed by atoms with Gasteiger partial charge in [0, 0.05) is 32.0 Å². The Morgan fingerprint density at radius 1 is 1.50 bits per heavy atom. The molecular formula is C12H21N3O. The summed E-state index contributed by atoms with van der Waals surface area (Å²) in [5, 5.41) is 4.17. The number of aryl methyl sites for hydroxylation is 2. The molecule has 0 aliphatic carbocycles. The standard InChI is InChI=1S/C12H21N3O/c1-15-10-11(9-14-15)3-5-12(13)4-2-7-16-8-6-12/h9-10H,2-8,13H2,1H3. The van der Waals surface area contributed by atoms with Crippen LogP contribution in [0, 0.1) is 0 Å². The number of rotatable bonds is 3. The number of ether oxygens (including phenoxy) is 1. The van der Waals surface area contributed by atoms with Gasteiger partial charge >= 0.3 is 0 Å². The molecule has 0 saturated carbocycles. The Bertz CT molecular complexity index is 327.